The zero-order chi connectivity index (χ0) is 21.0. The molecule has 1 saturated heterocycles. The molecule has 1 aromatic heterocycles. The minimum absolute atomic E-state index is 0.0593. The Morgan fingerprint density at radius 1 is 1.21 bits per heavy atom. The van der Waals surface area contributed by atoms with Gasteiger partial charge in [0, 0.05) is 50.2 Å². The number of nitro benzene ring substituents is 1. The maximum atomic E-state index is 12.7. The normalized spacial score (nSPS) is 15.0. The van der Waals surface area contributed by atoms with Crippen molar-refractivity contribution in [1.29, 1.82) is 0 Å². The van der Waals surface area contributed by atoms with Crippen LogP contribution in [0.5, 0.6) is 0 Å². The Bertz CT molecular complexity index is 918. The van der Waals surface area contributed by atoms with Crippen molar-refractivity contribution >= 4 is 35.1 Å². The van der Waals surface area contributed by atoms with E-state index in [9.17, 15) is 19.7 Å². The molecule has 0 radical (unpaired) electrons. The molecule has 0 bridgehead atoms. The van der Waals surface area contributed by atoms with E-state index in [0.717, 1.165) is 6.07 Å². The molecular weight excluding hydrogens is 400 g/mol. The summed E-state index contributed by atoms with van der Waals surface area (Å²) in [5.41, 5.74) is -0.302. The van der Waals surface area contributed by atoms with Crippen LogP contribution in [0.1, 0.15) is 17.3 Å². The lowest BCUT2D eigenvalue weighted by Crippen LogP contribution is -2.54. The van der Waals surface area contributed by atoms with E-state index in [1.807, 2.05) is 4.90 Å². The number of nitro groups is 1. The third-order valence-electron chi connectivity index (χ3n) is 4.55. The van der Waals surface area contributed by atoms with Crippen molar-refractivity contribution in [3.8, 4) is 0 Å². The second kappa shape index (κ2) is 8.82. The van der Waals surface area contributed by atoms with E-state index < -0.39 is 16.9 Å². The molecule has 1 aliphatic rings. The summed E-state index contributed by atoms with van der Waals surface area (Å²) >= 11 is 5.76. The SMILES string of the molecule is C[C@H](NC(=O)c1ccc(Cl)c([N+](=O)[O-])c1)C(=O)N1CCN(c2ncccn2)CC1. The van der Waals surface area contributed by atoms with Gasteiger partial charge in [-0.15, -0.1) is 0 Å². The van der Waals surface area contributed by atoms with Crippen LogP contribution in [-0.2, 0) is 4.79 Å². The Labute approximate surface area is 171 Å². The average Bonchev–Trinajstić information content (AvgIpc) is 2.74. The zero-order valence-electron chi connectivity index (χ0n) is 15.6. The Balaban J connectivity index is 1.58. The number of halogens is 1. The van der Waals surface area contributed by atoms with E-state index in [2.05, 4.69) is 15.3 Å². The highest BCUT2D eigenvalue weighted by molar-refractivity contribution is 6.32. The molecule has 0 spiro atoms. The maximum absolute atomic E-state index is 12.7. The van der Waals surface area contributed by atoms with E-state index in [0.29, 0.717) is 32.1 Å². The molecule has 1 fully saturated rings. The summed E-state index contributed by atoms with van der Waals surface area (Å²) in [6.45, 7) is 3.70. The molecule has 11 heteroatoms. The van der Waals surface area contributed by atoms with Gasteiger partial charge in [-0.05, 0) is 25.1 Å². The molecule has 1 aromatic carbocycles. The number of anilines is 1. The van der Waals surface area contributed by atoms with Crippen molar-refractivity contribution in [1.82, 2.24) is 20.2 Å². The Morgan fingerprint density at radius 3 is 2.48 bits per heavy atom. The van der Waals surface area contributed by atoms with Crippen molar-refractivity contribution in [3.05, 3.63) is 57.4 Å². The Hall–Kier alpha value is -3.27. The van der Waals surface area contributed by atoms with Crippen LogP contribution < -0.4 is 10.2 Å². The van der Waals surface area contributed by atoms with Crippen LogP contribution in [-0.4, -0.2) is 63.8 Å². The molecule has 152 valence electrons. The number of aromatic nitrogens is 2. The number of nitrogens with zero attached hydrogens (tertiary/aromatic N) is 5. The molecular formula is C18H19ClN6O4. The summed E-state index contributed by atoms with van der Waals surface area (Å²) in [6.07, 6.45) is 3.33. The minimum atomic E-state index is -0.781. The van der Waals surface area contributed by atoms with Crippen LogP contribution in [0.3, 0.4) is 0 Å². The Kier molecular flexibility index (Phi) is 6.23. The van der Waals surface area contributed by atoms with Gasteiger partial charge in [-0.1, -0.05) is 11.6 Å². The molecule has 1 atom stereocenters. The number of piperazine rings is 1. The van der Waals surface area contributed by atoms with Gasteiger partial charge >= 0.3 is 0 Å². The lowest BCUT2D eigenvalue weighted by molar-refractivity contribution is -0.384. The fourth-order valence-electron chi connectivity index (χ4n) is 2.99. The van der Waals surface area contributed by atoms with Gasteiger partial charge in [0.2, 0.25) is 11.9 Å². The molecule has 1 N–H and O–H groups in total. The topological polar surface area (TPSA) is 122 Å². The summed E-state index contributed by atoms with van der Waals surface area (Å²) in [7, 11) is 0. The van der Waals surface area contributed by atoms with E-state index in [1.54, 1.807) is 30.3 Å². The van der Waals surface area contributed by atoms with Crippen molar-refractivity contribution in [2.45, 2.75) is 13.0 Å². The van der Waals surface area contributed by atoms with Crippen LogP contribution in [0.15, 0.2) is 36.7 Å². The highest BCUT2D eigenvalue weighted by Gasteiger charge is 2.27. The number of amides is 2. The summed E-state index contributed by atoms with van der Waals surface area (Å²) in [5, 5.41) is 13.5. The van der Waals surface area contributed by atoms with E-state index in [-0.39, 0.29) is 22.2 Å². The first-order valence-corrected chi connectivity index (χ1v) is 9.30. The molecule has 2 amide bonds. The summed E-state index contributed by atoms with van der Waals surface area (Å²) in [6, 6.07) is 4.71. The number of hydrogen-bond acceptors (Lipinski definition) is 7. The third-order valence-corrected chi connectivity index (χ3v) is 4.87. The predicted molar refractivity (Wildman–Crippen MR) is 106 cm³/mol. The van der Waals surface area contributed by atoms with Gasteiger partial charge in [-0.25, -0.2) is 9.97 Å². The van der Waals surface area contributed by atoms with Crippen LogP contribution in [0.4, 0.5) is 11.6 Å². The molecule has 0 unspecified atom stereocenters. The fourth-order valence-corrected chi connectivity index (χ4v) is 3.18. The van der Waals surface area contributed by atoms with Crippen LogP contribution in [0.25, 0.3) is 0 Å². The fraction of sp³-hybridized carbons (Fsp3) is 0.333. The van der Waals surface area contributed by atoms with Gasteiger partial charge < -0.3 is 15.1 Å². The van der Waals surface area contributed by atoms with Gasteiger partial charge in [0.25, 0.3) is 11.6 Å². The summed E-state index contributed by atoms with van der Waals surface area (Å²) < 4.78 is 0. The van der Waals surface area contributed by atoms with Gasteiger partial charge in [-0.3, -0.25) is 19.7 Å². The maximum Gasteiger partial charge on any atom is 0.288 e. The first-order chi connectivity index (χ1) is 13.9. The lowest BCUT2D eigenvalue weighted by Gasteiger charge is -2.35. The van der Waals surface area contributed by atoms with Gasteiger partial charge in [-0.2, -0.15) is 0 Å². The van der Waals surface area contributed by atoms with E-state index >= 15 is 0 Å². The minimum Gasteiger partial charge on any atom is -0.341 e. The second-order valence-corrected chi connectivity index (χ2v) is 6.89. The van der Waals surface area contributed by atoms with Gasteiger partial charge in [0.05, 0.1) is 4.92 Å². The molecule has 10 nitrogen and oxygen atoms in total. The van der Waals surface area contributed by atoms with E-state index in [4.69, 9.17) is 11.6 Å². The van der Waals surface area contributed by atoms with Crippen molar-refractivity contribution in [2.24, 2.45) is 0 Å². The summed E-state index contributed by atoms with van der Waals surface area (Å²) in [4.78, 5) is 47.4. The predicted octanol–water partition coefficient (Wildman–Crippen LogP) is 1.51. The van der Waals surface area contributed by atoms with Crippen molar-refractivity contribution in [2.75, 3.05) is 31.1 Å². The molecule has 0 aliphatic carbocycles. The van der Waals surface area contributed by atoms with Crippen LogP contribution >= 0.6 is 11.6 Å². The van der Waals surface area contributed by atoms with Crippen molar-refractivity contribution < 1.29 is 14.5 Å². The number of benzene rings is 1. The zero-order valence-corrected chi connectivity index (χ0v) is 16.4. The third kappa shape index (κ3) is 4.77. The van der Waals surface area contributed by atoms with Gasteiger partial charge in [0.1, 0.15) is 11.1 Å². The first-order valence-electron chi connectivity index (χ1n) is 8.92. The van der Waals surface area contributed by atoms with Gasteiger partial charge in [0.15, 0.2) is 0 Å². The van der Waals surface area contributed by atoms with Crippen molar-refractivity contribution in [3.63, 3.8) is 0 Å². The number of carbonyl (C=O) groups is 2. The highest BCUT2D eigenvalue weighted by atomic mass is 35.5. The number of rotatable bonds is 5. The molecule has 0 saturated carbocycles. The number of nitrogens with one attached hydrogen (secondary N) is 1. The van der Waals surface area contributed by atoms with Crippen LogP contribution in [0, 0.1) is 10.1 Å². The molecule has 2 aromatic rings. The quantitative estimate of drug-likeness (QED) is 0.576. The molecule has 1 aliphatic heterocycles. The molecule has 3 rings (SSSR count). The average molecular weight is 419 g/mol. The molecule has 29 heavy (non-hydrogen) atoms. The highest BCUT2D eigenvalue weighted by Crippen LogP contribution is 2.25. The number of hydrogen-bond donors (Lipinski definition) is 1. The monoisotopic (exact) mass is 418 g/mol. The molecule has 2 heterocycles. The smallest absolute Gasteiger partial charge is 0.288 e. The number of carbonyl (C=O) groups excluding carboxylic acids is 2. The lowest BCUT2D eigenvalue weighted by atomic mass is 10.1. The van der Waals surface area contributed by atoms with Crippen LogP contribution in [0.2, 0.25) is 5.02 Å². The standard InChI is InChI=1S/C18H19ClN6O4/c1-12(22-16(26)13-3-4-14(19)15(11-13)25(28)29)17(27)23-7-9-24(10-8-23)18-20-5-2-6-21-18/h2-6,11-12H,7-10H2,1H3,(H,22,26)/t12-/m0/s1. The Morgan fingerprint density at radius 2 is 1.86 bits per heavy atom. The first kappa shape index (κ1) is 20.5. The summed E-state index contributed by atoms with van der Waals surface area (Å²) in [5.74, 6) is -0.192. The second-order valence-electron chi connectivity index (χ2n) is 6.48. The van der Waals surface area contributed by atoms with E-state index in [1.165, 1.54) is 12.1 Å². The largest absolute Gasteiger partial charge is 0.341 e.